The van der Waals surface area contributed by atoms with E-state index < -0.39 is 0 Å². The lowest BCUT2D eigenvalue weighted by Gasteiger charge is -2.34. The molecule has 0 aromatic carbocycles. The molecule has 1 aromatic rings. The van der Waals surface area contributed by atoms with E-state index in [1.165, 1.54) is 30.6 Å². The summed E-state index contributed by atoms with van der Waals surface area (Å²) in [5.74, 6) is 0.952. The number of nitrogens with one attached hydrogen (secondary N) is 1. The van der Waals surface area contributed by atoms with E-state index in [-0.39, 0.29) is 0 Å². The molecule has 20 heavy (non-hydrogen) atoms. The van der Waals surface area contributed by atoms with Crippen molar-refractivity contribution in [3.8, 4) is 0 Å². The minimum absolute atomic E-state index is 0.347. The quantitative estimate of drug-likeness (QED) is 0.851. The van der Waals surface area contributed by atoms with Gasteiger partial charge in [-0.2, -0.15) is 5.10 Å². The average Bonchev–Trinajstić information content (AvgIpc) is 3.13. The summed E-state index contributed by atoms with van der Waals surface area (Å²) in [4.78, 5) is 4.92. The van der Waals surface area contributed by atoms with Crippen LogP contribution in [0.3, 0.4) is 0 Å². The lowest BCUT2D eigenvalue weighted by Crippen LogP contribution is -2.46. The van der Waals surface area contributed by atoms with E-state index >= 15 is 0 Å². The topological polar surface area (TPSA) is 44.4 Å². The Morgan fingerprint density at radius 3 is 3.00 bits per heavy atom. The standard InChI is InChI=1S/C15H26N4O/c1-12-14(7-16-17-12)9-19-5-6-20-15(11-19)10-18(2)8-13-3-4-13/h7,13,15H,3-6,8-11H2,1-2H3,(H,16,17). The van der Waals surface area contributed by atoms with Gasteiger partial charge in [-0.05, 0) is 32.7 Å². The molecule has 2 heterocycles. The van der Waals surface area contributed by atoms with Crippen molar-refractivity contribution in [1.82, 2.24) is 20.0 Å². The van der Waals surface area contributed by atoms with Crippen molar-refractivity contribution in [2.45, 2.75) is 32.4 Å². The highest BCUT2D eigenvalue weighted by molar-refractivity contribution is 5.14. The molecule has 3 rings (SSSR count). The molecule has 1 atom stereocenters. The molecule has 1 aliphatic carbocycles. The number of H-pyrrole nitrogens is 1. The maximum absolute atomic E-state index is 5.92. The summed E-state index contributed by atoms with van der Waals surface area (Å²) in [6, 6.07) is 0. The molecule has 1 saturated carbocycles. The van der Waals surface area contributed by atoms with Gasteiger partial charge in [0.2, 0.25) is 0 Å². The van der Waals surface area contributed by atoms with Crippen LogP contribution in [0.2, 0.25) is 0 Å². The van der Waals surface area contributed by atoms with Gasteiger partial charge < -0.3 is 9.64 Å². The van der Waals surface area contributed by atoms with Crippen molar-refractivity contribution in [1.29, 1.82) is 0 Å². The molecule has 1 aromatic heterocycles. The van der Waals surface area contributed by atoms with Crippen LogP contribution in [0.5, 0.6) is 0 Å². The Morgan fingerprint density at radius 2 is 2.30 bits per heavy atom. The van der Waals surface area contributed by atoms with Gasteiger partial charge in [0, 0.05) is 44.0 Å². The molecule has 112 valence electrons. The van der Waals surface area contributed by atoms with Gasteiger partial charge in [-0.3, -0.25) is 10.00 Å². The molecule has 0 amide bonds. The molecule has 5 heteroatoms. The van der Waals surface area contributed by atoms with Crippen molar-refractivity contribution in [3.63, 3.8) is 0 Å². The van der Waals surface area contributed by atoms with Crippen molar-refractivity contribution in [2.24, 2.45) is 5.92 Å². The predicted molar refractivity (Wildman–Crippen MR) is 78.6 cm³/mol. The summed E-state index contributed by atoms with van der Waals surface area (Å²) < 4.78 is 5.92. The van der Waals surface area contributed by atoms with Crippen LogP contribution in [0, 0.1) is 12.8 Å². The molecule has 1 aliphatic heterocycles. The van der Waals surface area contributed by atoms with Crippen molar-refractivity contribution >= 4 is 0 Å². The van der Waals surface area contributed by atoms with Crippen LogP contribution in [0.1, 0.15) is 24.1 Å². The maximum Gasteiger partial charge on any atom is 0.0829 e. The van der Waals surface area contributed by atoms with E-state index in [9.17, 15) is 0 Å². The van der Waals surface area contributed by atoms with Crippen LogP contribution in [0.15, 0.2) is 6.20 Å². The number of morpholine rings is 1. The van der Waals surface area contributed by atoms with E-state index in [0.717, 1.165) is 38.7 Å². The normalized spacial score (nSPS) is 24.4. The third kappa shape index (κ3) is 3.81. The van der Waals surface area contributed by atoms with E-state index in [0.29, 0.717) is 6.10 Å². The zero-order chi connectivity index (χ0) is 13.9. The maximum atomic E-state index is 5.92. The van der Waals surface area contributed by atoms with Gasteiger partial charge in [-0.25, -0.2) is 0 Å². The molecule has 2 aliphatic rings. The molecule has 0 spiro atoms. The summed E-state index contributed by atoms with van der Waals surface area (Å²) in [6.45, 7) is 8.25. The largest absolute Gasteiger partial charge is 0.374 e. The zero-order valence-corrected chi connectivity index (χ0v) is 12.6. The van der Waals surface area contributed by atoms with Crippen LogP contribution in [0.25, 0.3) is 0 Å². The second kappa shape index (κ2) is 6.24. The average molecular weight is 278 g/mol. The SMILES string of the molecule is Cc1[nH]ncc1CN1CCOC(CN(C)CC2CC2)C1. The first kappa shape index (κ1) is 14.0. The van der Waals surface area contributed by atoms with Crippen LogP contribution in [-0.4, -0.2) is 65.9 Å². The minimum atomic E-state index is 0.347. The first-order valence-electron chi connectivity index (χ1n) is 7.72. The van der Waals surface area contributed by atoms with Gasteiger partial charge in [0.1, 0.15) is 0 Å². The Morgan fingerprint density at radius 1 is 1.45 bits per heavy atom. The van der Waals surface area contributed by atoms with Gasteiger partial charge >= 0.3 is 0 Å². The van der Waals surface area contributed by atoms with Crippen LogP contribution >= 0.6 is 0 Å². The summed E-state index contributed by atoms with van der Waals surface area (Å²) in [5, 5.41) is 7.12. The van der Waals surface area contributed by atoms with Gasteiger partial charge in [-0.15, -0.1) is 0 Å². The summed E-state index contributed by atoms with van der Waals surface area (Å²) in [6.07, 6.45) is 5.13. The number of hydrogen-bond acceptors (Lipinski definition) is 4. The predicted octanol–water partition coefficient (Wildman–Crippen LogP) is 1.26. The highest BCUT2D eigenvalue weighted by Gasteiger charge is 2.26. The number of likely N-dealkylation sites (N-methyl/N-ethyl adjacent to an activating group) is 1. The number of aromatic nitrogens is 2. The molecule has 2 fully saturated rings. The van der Waals surface area contributed by atoms with Crippen LogP contribution in [0.4, 0.5) is 0 Å². The molecular formula is C15H26N4O. The lowest BCUT2D eigenvalue weighted by atomic mass is 10.2. The van der Waals surface area contributed by atoms with E-state index in [4.69, 9.17) is 4.74 Å². The Bertz CT molecular complexity index is 429. The van der Waals surface area contributed by atoms with E-state index in [1.807, 2.05) is 6.20 Å². The molecule has 5 nitrogen and oxygen atoms in total. The molecule has 0 bridgehead atoms. The number of ether oxygens (including phenoxy) is 1. The Labute approximate surface area is 121 Å². The van der Waals surface area contributed by atoms with Gasteiger partial charge in [0.25, 0.3) is 0 Å². The number of aryl methyl sites for hydroxylation is 1. The zero-order valence-electron chi connectivity index (χ0n) is 12.6. The number of hydrogen-bond donors (Lipinski definition) is 1. The van der Waals surface area contributed by atoms with E-state index in [1.54, 1.807) is 0 Å². The fourth-order valence-corrected chi connectivity index (χ4v) is 2.97. The van der Waals surface area contributed by atoms with E-state index in [2.05, 4.69) is 34.0 Å². The Balaban J connectivity index is 1.47. The fourth-order valence-electron chi connectivity index (χ4n) is 2.97. The first-order chi connectivity index (χ1) is 9.70. The summed E-state index contributed by atoms with van der Waals surface area (Å²) in [5.41, 5.74) is 2.48. The number of aromatic amines is 1. The van der Waals surface area contributed by atoms with Crippen LogP contribution in [-0.2, 0) is 11.3 Å². The van der Waals surface area contributed by atoms with Crippen molar-refractivity contribution in [3.05, 3.63) is 17.5 Å². The molecule has 1 unspecified atom stereocenters. The smallest absolute Gasteiger partial charge is 0.0829 e. The monoisotopic (exact) mass is 278 g/mol. The fraction of sp³-hybridized carbons (Fsp3) is 0.800. The van der Waals surface area contributed by atoms with Crippen molar-refractivity contribution in [2.75, 3.05) is 39.8 Å². The number of rotatable bonds is 6. The lowest BCUT2D eigenvalue weighted by molar-refractivity contribution is -0.0435. The molecular weight excluding hydrogens is 252 g/mol. The number of nitrogens with zero attached hydrogens (tertiary/aromatic N) is 3. The Kier molecular flexibility index (Phi) is 4.38. The second-order valence-corrected chi connectivity index (χ2v) is 6.41. The molecule has 0 radical (unpaired) electrons. The molecule has 1 N–H and O–H groups in total. The first-order valence-corrected chi connectivity index (χ1v) is 7.72. The van der Waals surface area contributed by atoms with Gasteiger partial charge in [-0.1, -0.05) is 0 Å². The minimum Gasteiger partial charge on any atom is -0.374 e. The highest BCUT2D eigenvalue weighted by atomic mass is 16.5. The molecule has 1 saturated heterocycles. The highest BCUT2D eigenvalue weighted by Crippen LogP contribution is 2.29. The van der Waals surface area contributed by atoms with Crippen LogP contribution < -0.4 is 0 Å². The third-order valence-corrected chi connectivity index (χ3v) is 4.33. The van der Waals surface area contributed by atoms with Crippen molar-refractivity contribution < 1.29 is 4.74 Å². The second-order valence-electron chi connectivity index (χ2n) is 6.41. The summed E-state index contributed by atoms with van der Waals surface area (Å²) in [7, 11) is 2.22. The van der Waals surface area contributed by atoms with Gasteiger partial charge in [0.15, 0.2) is 0 Å². The summed E-state index contributed by atoms with van der Waals surface area (Å²) >= 11 is 0. The third-order valence-electron chi connectivity index (χ3n) is 4.33. The van der Waals surface area contributed by atoms with Gasteiger partial charge in [0.05, 0.1) is 18.9 Å². The Hall–Kier alpha value is -0.910.